The van der Waals surface area contributed by atoms with Gasteiger partial charge in [0.05, 0.1) is 12.0 Å². The van der Waals surface area contributed by atoms with E-state index in [0.717, 1.165) is 11.3 Å². The van der Waals surface area contributed by atoms with Gasteiger partial charge in [-0.1, -0.05) is 12.1 Å². The SMILES string of the molecule is COc1cccc(CNC(=O)CC2CCN(S(=O)(=O)c3ccc(NC(C)=O)cc3)CC2)c1. The maximum atomic E-state index is 12.9. The first-order chi connectivity index (χ1) is 15.3. The summed E-state index contributed by atoms with van der Waals surface area (Å²) in [5.41, 5.74) is 1.51. The number of methoxy groups -OCH3 is 1. The molecule has 3 rings (SSSR count). The lowest BCUT2D eigenvalue weighted by Gasteiger charge is -2.31. The average molecular weight is 460 g/mol. The number of rotatable bonds is 8. The van der Waals surface area contributed by atoms with Gasteiger partial charge in [0.25, 0.3) is 0 Å². The van der Waals surface area contributed by atoms with Gasteiger partial charge in [-0.25, -0.2) is 8.42 Å². The van der Waals surface area contributed by atoms with Crippen molar-refractivity contribution < 1.29 is 22.7 Å². The topological polar surface area (TPSA) is 105 Å². The number of hydrogen-bond donors (Lipinski definition) is 2. The number of amides is 2. The van der Waals surface area contributed by atoms with E-state index >= 15 is 0 Å². The molecule has 2 N–H and O–H groups in total. The molecule has 0 aromatic heterocycles. The number of benzene rings is 2. The van der Waals surface area contributed by atoms with Gasteiger partial charge in [0, 0.05) is 38.7 Å². The highest BCUT2D eigenvalue weighted by atomic mass is 32.2. The zero-order valence-electron chi connectivity index (χ0n) is 18.3. The van der Waals surface area contributed by atoms with E-state index in [9.17, 15) is 18.0 Å². The van der Waals surface area contributed by atoms with Crippen LogP contribution < -0.4 is 15.4 Å². The fourth-order valence-corrected chi connectivity index (χ4v) is 5.20. The van der Waals surface area contributed by atoms with Gasteiger partial charge >= 0.3 is 0 Å². The summed E-state index contributed by atoms with van der Waals surface area (Å²) < 4.78 is 32.5. The van der Waals surface area contributed by atoms with Gasteiger partial charge in [-0.2, -0.15) is 4.31 Å². The Kier molecular flexibility index (Phi) is 7.87. The van der Waals surface area contributed by atoms with Crippen LogP contribution in [0.4, 0.5) is 5.69 Å². The number of carbonyl (C=O) groups is 2. The molecule has 1 heterocycles. The van der Waals surface area contributed by atoms with Gasteiger partial charge in [0.15, 0.2) is 0 Å². The molecule has 0 aliphatic carbocycles. The highest BCUT2D eigenvalue weighted by Gasteiger charge is 2.30. The number of hydrogen-bond acceptors (Lipinski definition) is 5. The van der Waals surface area contributed by atoms with Crippen LogP contribution in [0.2, 0.25) is 0 Å². The Morgan fingerprint density at radius 2 is 1.78 bits per heavy atom. The molecule has 1 fully saturated rings. The Balaban J connectivity index is 1.48. The van der Waals surface area contributed by atoms with Crippen LogP contribution in [0.15, 0.2) is 53.4 Å². The number of piperidine rings is 1. The molecule has 0 atom stereocenters. The van der Waals surface area contributed by atoms with Crippen molar-refractivity contribution in [2.75, 3.05) is 25.5 Å². The second kappa shape index (κ2) is 10.6. The normalized spacial score (nSPS) is 15.2. The summed E-state index contributed by atoms with van der Waals surface area (Å²) in [6.07, 6.45) is 1.65. The Bertz CT molecular complexity index is 1050. The first kappa shape index (κ1) is 23.7. The molecule has 2 amide bonds. The molecule has 1 aliphatic rings. The molecule has 0 saturated carbocycles. The fraction of sp³-hybridized carbons (Fsp3) is 0.391. The van der Waals surface area contributed by atoms with E-state index in [1.165, 1.54) is 23.4 Å². The summed E-state index contributed by atoms with van der Waals surface area (Å²) >= 11 is 0. The Hall–Kier alpha value is -2.91. The van der Waals surface area contributed by atoms with Gasteiger partial charge in [0.1, 0.15) is 5.75 Å². The number of carbonyl (C=O) groups excluding carboxylic acids is 2. The summed E-state index contributed by atoms with van der Waals surface area (Å²) in [4.78, 5) is 23.7. The molecule has 0 bridgehead atoms. The minimum absolute atomic E-state index is 0.0392. The van der Waals surface area contributed by atoms with Crippen LogP contribution in [0.3, 0.4) is 0 Å². The van der Waals surface area contributed by atoms with Crippen LogP contribution in [-0.4, -0.2) is 44.7 Å². The van der Waals surface area contributed by atoms with Crippen molar-refractivity contribution in [2.45, 2.75) is 37.6 Å². The van der Waals surface area contributed by atoms with E-state index in [1.54, 1.807) is 19.2 Å². The molecule has 1 saturated heterocycles. The second-order valence-corrected chi connectivity index (χ2v) is 9.82. The lowest BCUT2D eigenvalue weighted by molar-refractivity contribution is -0.122. The van der Waals surface area contributed by atoms with E-state index in [0.29, 0.717) is 44.6 Å². The molecule has 0 spiro atoms. The Labute approximate surface area is 189 Å². The fourth-order valence-electron chi connectivity index (χ4n) is 3.73. The number of sulfonamides is 1. The molecule has 2 aromatic rings. The van der Waals surface area contributed by atoms with Crippen LogP contribution >= 0.6 is 0 Å². The van der Waals surface area contributed by atoms with Crippen molar-refractivity contribution in [2.24, 2.45) is 5.92 Å². The second-order valence-electron chi connectivity index (χ2n) is 7.89. The van der Waals surface area contributed by atoms with E-state index in [-0.39, 0.29) is 22.6 Å². The number of anilines is 1. The molecular formula is C23H29N3O5S. The third kappa shape index (κ3) is 6.30. The molecule has 2 aromatic carbocycles. The van der Waals surface area contributed by atoms with Crippen molar-refractivity contribution in [1.29, 1.82) is 0 Å². The zero-order valence-corrected chi connectivity index (χ0v) is 19.2. The van der Waals surface area contributed by atoms with Crippen molar-refractivity contribution in [1.82, 2.24) is 9.62 Å². The minimum atomic E-state index is -3.60. The van der Waals surface area contributed by atoms with Gasteiger partial charge in [-0.3, -0.25) is 9.59 Å². The highest BCUT2D eigenvalue weighted by molar-refractivity contribution is 7.89. The summed E-state index contributed by atoms with van der Waals surface area (Å²) in [6, 6.07) is 13.7. The molecule has 0 radical (unpaired) electrons. The summed E-state index contributed by atoms with van der Waals surface area (Å²) in [5, 5.41) is 5.55. The molecular weight excluding hydrogens is 430 g/mol. The van der Waals surface area contributed by atoms with Crippen molar-refractivity contribution in [3.05, 3.63) is 54.1 Å². The number of nitrogens with zero attached hydrogens (tertiary/aromatic N) is 1. The molecule has 172 valence electrons. The Morgan fingerprint density at radius 1 is 1.09 bits per heavy atom. The maximum Gasteiger partial charge on any atom is 0.243 e. The maximum absolute atomic E-state index is 12.9. The predicted octanol–water partition coefficient (Wildman–Crippen LogP) is 2.76. The molecule has 9 heteroatoms. The Morgan fingerprint density at radius 3 is 2.41 bits per heavy atom. The largest absolute Gasteiger partial charge is 0.497 e. The first-order valence-electron chi connectivity index (χ1n) is 10.6. The highest BCUT2D eigenvalue weighted by Crippen LogP contribution is 2.26. The van der Waals surface area contributed by atoms with E-state index < -0.39 is 10.0 Å². The lowest BCUT2D eigenvalue weighted by Crippen LogP contribution is -2.39. The van der Waals surface area contributed by atoms with Crippen LogP contribution in [0, 0.1) is 5.92 Å². The van der Waals surface area contributed by atoms with Gasteiger partial charge in [0.2, 0.25) is 21.8 Å². The summed E-state index contributed by atoms with van der Waals surface area (Å²) in [5.74, 6) is 0.641. The van der Waals surface area contributed by atoms with Crippen molar-refractivity contribution >= 4 is 27.5 Å². The number of nitrogens with one attached hydrogen (secondary N) is 2. The van der Waals surface area contributed by atoms with Crippen LogP contribution in [0.1, 0.15) is 31.7 Å². The molecule has 0 unspecified atom stereocenters. The van der Waals surface area contributed by atoms with Crippen LogP contribution in [-0.2, 0) is 26.2 Å². The summed E-state index contributed by atoms with van der Waals surface area (Å²) in [7, 11) is -2.00. The summed E-state index contributed by atoms with van der Waals surface area (Å²) in [6.45, 7) is 2.58. The minimum Gasteiger partial charge on any atom is -0.497 e. The van der Waals surface area contributed by atoms with Crippen molar-refractivity contribution in [3.8, 4) is 5.75 Å². The molecule has 1 aliphatic heterocycles. The monoisotopic (exact) mass is 459 g/mol. The lowest BCUT2D eigenvalue weighted by atomic mass is 9.94. The van der Waals surface area contributed by atoms with E-state index in [4.69, 9.17) is 4.74 Å². The van der Waals surface area contributed by atoms with Crippen molar-refractivity contribution in [3.63, 3.8) is 0 Å². The predicted molar refractivity (Wildman–Crippen MR) is 122 cm³/mol. The smallest absolute Gasteiger partial charge is 0.243 e. The third-order valence-corrected chi connectivity index (χ3v) is 7.40. The molecule has 8 nitrogen and oxygen atoms in total. The molecule has 32 heavy (non-hydrogen) atoms. The standard InChI is InChI=1S/C23H29N3O5S/c1-17(27)25-20-6-8-22(9-7-20)32(29,30)26-12-10-18(11-13-26)15-23(28)24-16-19-4-3-5-21(14-19)31-2/h3-9,14,18H,10-13,15-16H2,1-2H3,(H,24,28)(H,25,27). The van der Waals surface area contributed by atoms with E-state index in [2.05, 4.69) is 10.6 Å². The van der Waals surface area contributed by atoms with E-state index in [1.807, 2.05) is 24.3 Å². The first-order valence-corrected chi connectivity index (χ1v) is 12.0. The quantitative estimate of drug-likeness (QED) is 0.632. The van der Waals surface area contributed by atoms with Gasteiger partial charge in [-0.05, 0) is 60.7 Å². The third-order valence-electron chi connectivity index (χ3n) is 5.48. The average Bonchev–Trinajstić information content (AvgIpc) is 2.78. The number of ether oxygens (including phenoxy) is 1. The van der Waals surface area contributed by atoms with Crippen LogP contribution in [0.5, 0.6) is 5.75 Å². The zero-order chi connectivity index (χ0) is 23.1. The van der Waals surface area contributed by atoms with Gasteiger partial charge < -0.3 is 15.4 Å². The van der Waals surface area contributed by atoms with Crippen LogP contribution in [0.25, 0.3) is 0 Å². The van der Waals surface area contributed by atoms with Gasteiger partial charge in [-0.15, -0.1) is 0 Å².